The van der Waals surface area contributed by atoms with Crippen molar-refractivity contribution in [1.29, 1.82) is 0 Å². The first kappa shape index (κ1) is 20.9. The Balaban J connectivity index is 1.62. The van der Waals surface area contributed by atoms with E-state index in [1.165, 1.54) is 7.11 Å². The van der Waals surface area contributed by atoms with Gasteiger partial charge >= 0.3 is 6.09 Å². The summed E-state index contributed by atoms with van der Waals surface area (Å²) in [5.74, 6) is 1.10. The molecule has 0 bridgehead atoms. The Labute approximate surface area is 180 Å². The van der Waals surface area contributed by atoms with Crippen LogP contribution < -0.4 is 16.0 Å². The first-order valence-electron chi connectivity index (χ1n) is 10.4. The van der Waals surface area contributed by atoms with E-state index >= 15 is 0 Å². The Kier molecular flexibility index (Phi) is 6.17. The van der Waals surface area contributed by atoms with Crippen LogP contribution in [0.3, 0.4) is 0 Å². The van der Waals surface area contributed by atoms with E-state index in [1.54, 1.807) is 18.5 Å². The van der Waals surface area contributed by atoms with Crippen molar-refractivity contribution in [3.63, 3.8) is 0 Å². The van der Waals surface area contributed by atoms with E-state index in [1.807, 2.05) is 23.6 Å². The van der Waals surface area contributed by atoms with E-state index in [-0.39, 0.29) is 12.1 Å². The van der Waals surface area contributed by atoms with E-state index in [2.05, 4.69) is 30.7 Å². The van der Waals surface area contributed by atoms with Gasteiger partial charge in [0.15, 0.2) is 17.0 Å². The molecule has 10 nitrogen and oxygen atoms in total. The van der Waals surface area contributed by atoms with Crippen molar-refractivity contribution in [3.05, 3.63) is 30.6 Å². The number of aliphatic hydroxyl groups is 1. The minimum atomic E-state index is -0.535. The molecule has 0 spiro atoms. The molecule has 2 heterocycles. The fraction of sp³-hybridized carbons (Fsp3) is 0.429. The Morgan fingerprint density at radius 2 is 2.00 bits per heavy atom. The number of ether oxygens (including phenoxy) is 1. The van der Waals surface area contributed by atoms with Gasteiger partial charge in [-0.2, -0.15) is 9.97 Å². The maximum absolute atomic E-state index is 11.5. The van der Waals surface area contributed by atoms with Gasteiger partial charge in [-0.1, -0.05) is 6.07 Å². The lowest BCUT2D eigenvalue weighted by atomic mass is 9.93. The number of imidazole rings is 1. The lowest BCUT2D eigenvalue weighted by Crippen LogP contribution is -2.29. The lowest BCUT2D eigenvalue weighted by Gasteiger charge is -2.26. The fourth-order valence-electron chi connectivity index (χ4n) is 3.71. The van der Waals surface area contributed by atoms with E-state index in [0.29, 0.717) is 23.0 Å². The third kappa shape index (κ3) is 4.85. The van der Waals surface area contributed by atoms with E-state index in [9.17, 15) is 9.90 Å². The molecule has 0 atom stereocenters. The number of rotatable bonds is 6. The summed E-state index contributed by atoms with van der Waals surface area (Å²) in [6.45, 7) is 2.77. The number of benzene rings is 1. The van der Waals surface area contributed by atoms with Gasteiger partial charge in [0.25, 0.3) is 0 Å². The van der Waals surface area contributed by atoms with E-state index in [4.69, 9.17) is 4.98 Å². The van der Waals surface area contributed by atoms with Crippen LogP contribution in [0.25, 0.3) is 11.2 Å². The summed E-state index contributed by atoms with van der Waals surface area (Å²) in [4.78, 5) is 25.4. The van der Waals surface area contributed by atoms with Crippen LogP contribution in [0.2, 0.25) is 0 Å². The normalized spacial score (nSPS) is 18.5. The van der Waals surface area contributed by atoms with Gasteiger partial charge in [-0.15, -0.1) is 0 Å². The minimum Gasteiger partial charge on any atom is -0.453 e. The molecule has 2 aromatic heterocycles. The fourth-order valence-corrected chi connectivity index (χ4v) is 3.71. The van der Waals surface area contributed by atoms with Gasteiger partial charge in [0.1, 0.15) is 0 Å². The molecule has 0 saturated heterocycles. The molecule has 3 aromatic rings. The number of carbonyl (C=O) groups is 1. The molecular formula is C21H27N7O3. The van der Waals surface area contributed by atoms with Crippen LogP contribution in [0, 0.1) is 0 Å². The molecule has 31 heavy (non-hydrogen) atoms. The highest BCUT2D eigenvalue weighted by molar-refractivity contribution is 5.88. The number of carbonyl (C=O) groups excluding carboxylic acids is 1. The average Bonchev–Trinajstić information content (AvgIpc) is 3.19. The molecule has 0 unspecified atom stereocenters. The first-order valence-corrected chi connectivity index (χ1v) is 10.4. The number of aryl methyl sites for hydroxylation is 1. The summed E-state index contributed by atoms with van der Waals surface area (Å²) in [6, 6.07) is 7.48. The number of hydrogen-bond donors (Lipinski definition) is 4. The number of methoxy groups -OCH3 is 1. The maximum Gasteiger partial charge on any atom is 0.411 e. The average molecular weight is 425 g/mol. The summed E-state index contributed by atoms with van der Waals surface area (Å²) < 4.78 is 6.62. The summed E-state index contributed by atoms with van der Waals surface area (Å²) in [5, 5.41) is 19.1. The van der Waals surface area contributed by atoms with Crippen LogP contribution in [0.15, 0.2) is 30.6 Å². The van der Waals surface area contributed by atoms with Crippen LogP contribution in [0.5, 0.6) is 0 Å². The van der Waals surface area contributed by atoms with Gasteiger partial charge in [-0.05, 0) is 50.8 Å². The number of amides is 1. The molecule has 1 aromatic carbocycles. The van der Waals surface area contributed by atoms with Gasteiger partial charge in [0.2, 0.25) is 5.95 Å². The lowest BCUT2D eigenvalue weighted by molar-refractivity contribution is 0.126. The maximum atomic E-state index is 11.5. The van der Waals surface area contributed by atoms with Crippen LogP contribution in [0.4, 0.5) is 27.9 Å². The predicted molar refractivity (Wildman–Crippen MR) is 119 cm³/mol. The third-order valence-electron chi connectivity index (χ3n) is 5.39. The number of anilines is 4. The van der Waals surface area contributed by atoms with Gasteiger partial charge in [-0.3, -0.25) is 5.32 Å². The summed E-state index contributed by atoms with van der Waals surface area (Å²) in [6.07, 6.45) is 4.30. The van der Waals surface area contributed by atoms with Crippen LogP contribution in [-0.4, -0.2) is 50.0 Å². The van der Waals surface area contributed by atoms with Crippen molar-refractivity contribution < 1.29 is 14.6 Å². The number of nitrogens with zero attached hydrogens (tertiary/aromatic N) is 4. The molecule has 1 saturated carbocycles. The molecule has 164 valence electrons. The van der Waals surface area contributed by atoms with Crippen molar-refractivity contribution >= 4 is 40.4 Å². The van der Waals surface area contributed by atoms with Crippen LogP contribution >= 0.6 is 0 Å². The summed E-state index contributed by atoms with van der Waals surface area (Å²) in [5.41, 5.74) is 2.74. The Morgan fingerprint density at radius 3 is 2.74 bits per heavy atom. The summed E-state index contributed by atoms with van der Waals surface area (Å²) in [7, 11) is 1.32. The van der Waals surface area contributed by atoms with Crippen molar-refractivity contribution in [2.45, 2.75) is 51.3 Å². The molecule has 4 N–H and O–H groups in total. The zero-order valence-electron chi connectivity index (χ0n) is 17.6. The monoisotopic (exact) mass is 425 g/mol. The zero-order chi connectivity index (χ0) is 21.8. The number of fused-ring (bicyclic) bond motifs is 1. The molecule has 1 amide bonds. The van der Waals surface area contributed by atoms with Crippen LogP contribution in [0.1, 0.15) is 32.6 Å². The molecule has 1 aliphatic carbocycles. The predicted octanol–water partition coefficient (Wildman–Crippen LogP) is 3.48. The van der Waals surface area contributed by atoms with Crippen LogP contribution in [-0.2, 0) is 11.3 Å². The van der Waals surface area contributed by atoms with Gasteiger partial charge in [0.05, 0.1) is 19.5 Å². The molecular weight excluding hydrogens is 398 g/mol. The second-order valence-corrected chi connectivity index (χ2v) is 7.57. The standard InChI is InChI=1S/C21H27N7O3/c1-3-28-12-22-17-18(23-14-5-4-6-15(11-14)25-21(30)31-2)26-20(27-19(17)28)24-13-7-9-16(29)10-8-13/h4-6,11-13,16,29H,3,7-10H2,1-2H3,(H,25,30)(H2,23,24,26,27). The molecule has 0 radical (unpaired) electrons. The largest absolute Gasteiger partial charge is 0.453 e. The second-order valence-electron chi connectivity index (χ2n) is 7.57. The minimum absolute atomic E-state index is 0.217. The smallest absolute Gasteiger partial charge is 0.411 e. The third-order valence-corrected chi connectivity index (χ3v) is 5.39. The Bertz CT molecular complexity index is 1060. The van der Waals surface area contributed by atoms with E-state index < -0.39 is 6.09 Å². The highest BCUT2D eigenvalue weighted by Crippen LogP contribution is 2.27. The molecule has 4 rings (SSSR count). The zero-order valence-corrected chi connectivity index (χ0v) is 17.6. The molecule has 0 aliphatic heterocycles. The van der Waals surface area contributed by atoms with Gasteiger partial charge in [-0.25, -0.2) is 9.78 Å². The van der Waals surface area contributed by atoms with Gasteiger partial charge < -0.3 is 25.0 Å². The Hall–Kier alpha value is -3.40. The SMILES string of the molecule is CCn1cnc2c(Nc3cccc(NC(=O)OC)c3)nc(NC3CCC(O)CC3)nc21. The number of hydrogen-bond acceptors (Lipinski definition) is 8. The molecule has 10 heteroatoms. The number of aliphatic hydroxyl groups excluding tert-OH is 1. The number of nitrogens with one attached hydrogen (secondary N) is 3. The highest BCUT2D eigenvalue weighted by Gasteiger charge is 2.21. The van der Waals surface area contributed by atoms with Crippen molar-refractivity contribution in [3.8, 4) is 0 Å². The summed E-state index contributed by atoms with van der Waals surface area (Å²) >= 11 is 0. The van der Waals surface area contributed by atoms with Crippen molar-refractivity contribution in [2.24, 2.45) is 0 Å². The quantitative estimate of drug-likeness (QED) is 0.473. The van der Waals surface area contributed by atoms with Crippen molar-refractivity contribution in [2.75, 3.05) is 23.1 Å². The first-order chi connectivity index (χ1) is 15.1. The second kappa shape index (κ2) is 9.17. The number of aromatic nitrogens is 4. The molecule has 1 aliphatic rings. The Morgan fingerprint density at radius 1 is 1.23 bits per heavy atom. The van der Waals surface area contributed by atoms with Crippen molar-refractivity contribution in [1.82, 2.24) is 19.5 Å². The van der Waals surface area contributed by atoms with E-state index in [0.717, 1.165) is 43.6 Å². The topological polar surface area (TPSA) is 126 Å². The highest BCUT2D eigenvalue weighted by atomic mass is 16.5. The molecule has 1 fully saturated rings. The van der Waals surface area contributed by atoms with Gasteiger partial charge in [0, 0.05) is 24.0 Å².